The van der Waals surface area contributed by atoms with Crippen LogP contribution < -0.4 is 11.1 Å². The molecule has 0 aliphatic rings. The second-order valence-corrected chi connectivity index (χ2v) is 2.97. The van der Waals surface area contributed by atoms with E-state index in [0.29, 0.717) is 5.69 Å². The fourth-order valence-electron chi connectivity index (χ4n) is 0.927. The molecule has 1 aromatic rings. The fourth-order valence-corrected chi connectivity index (χ4v) is 1.05. The van der Waals surface area contributed by atoms with Crippen molar-refractivity contribution in [2.45, 2.75) is 0 Å². The summed E-state index contributed by atoms with van der Waals surface area (Å²) >= 11 is 4.58. The molecule has 6 heteroatoms. The van der Waals surface area contributed by atoms with Crippen molar-refractivity contribution in [2.24, 2.45) is 5.73 Å². The van der Waals surface area contributed by atoms with Crippen molar-refractivity contribution in [3.8, 4) is 5.75 Å². The lowest BCUT2D eigenvalue weighted by Crippen LogP contribution is -2.19. The highest BCUT2D eigenvalue weighted by molar-refractivity contribution is 7.80. The number of hydrogen-bond acceptors (Lipinski definition) is 3. The van der Waals surface area contributed by atoms with Gasteiger partial charge in [0.25, 0.3) is 0 Å². The summed E-state index contributed by atoms with van der Waals surface area (Å²) in [4.78, 5) is 10.6. The number of benzene rings is 1. The maximum Gasteiger partial charge on any atom is 0.339 e. The van der Waals surface area contributed by atoms with Gasteiger partial charge in [-0.25, -0.2) is 4.79 Å². The Kier molecular flexibility index (Phi) is 2.88. The Morgan fingerprint density at radius 2 is 2.14 bits per heavy atom. The highest BCUT2D eigenvalue weighted by atomic mass is 32.1. The summed E-state index contributed by atoms with van der Waals surface area (Å²) in [6, 6.07) is 3.97. The molecule has 0 amide bonds. The topological polar surface area (TPSA) is 95.6 Å². The molecule has 14 heavy (non-hydrogen) atoms. The molecular weight excluding hydrogens is 204 g/mol. The van der Waals surface area contributed by atoms with Gasteiger partial charge in [0.2, 0.25) is 0 Å². The Morgan fingerprint density at radius 3 is 2.64 bits per heavy atom. The summed E-state index contributed by atoms with van der Waals surface area (Å²) in [5.41, 5.74) is 5.42. The lowest BCUT2D eigenvalue weighted by atomic mass is 10.2. The average Bonchev–Trinajstić information content (AvgIpc) is 2.07. The van der Waals surface area contributed by atoms with E-state index in [1.807, 2.05) is 0 Å². The molecule has 1 rings (SSSR count). The predicted octanol–water partition coefficient (Wildman–Crippen LogP) is 0.746. The summed E-state index contributed by atoms with van der Waals surface area (Å²) in [6.45, 7) is 0. The normalized spacial score (nSPS) is 9.43. The summed E-state index contributed by atoms with van der Waals surface area (Å²) in [5, 5.41) is 20.4. The number of phenols is 1. The Morgan fingerprint density at radius 1 is 1.50 bits per heavy atom. The number of carboxylic acids is 1. The van der Waals surface area contributed by atoms with Crippen molar-refractivity contribution < 1.29 is 15.0 Å². The summed E-state index contributed by atoms with van der Waals surface area (Å²) in [5.74, 6) is -1.51. The first kappa shape index (κ1) is 10.3. The van der Waals surface area contributed by atoms with E-state index in [-0.39, 0.29) is 16.4 Å². The Hall–Kier alpha value is -1.82. The number of carboxylic acid groups (broad SMARTS) is 1. The van der Waals surface area contributed by atoms with Crippen molar-refractivity contribution >= 4 is 29.0 Å². The average molecular weight is 212 g/mol. The molecule has 74 valence electrons. The van der Waals surface area contributed by atoms with Gasteiger partial charge in [-0.1, -0.05) is 0 Å². The van der Waals surface area contributed by atoms with Crippen LogP contribution in [0.5, 0.6) is 5.75 Å². The van der Waals surface area contributed by atoms with E-state index in [0.717, 1.165) is 0 Å². The lowest BCUT2D eigenvalue weighted by molar-refractivity contribution is 0.0694. The van der Waals surface area contributed by atoms with E-state index >= 15 is 0 Å². The number of aromatic carboxylic acids is 1. The van der Waals surface area contributed by atoms with Gasteiger partial charge in [-0.15, -0.1) is 0 Å². The minimum atomic E-state index is -1.21. The van der Waals surface area contributed by atoms with Gasteiger partial charge >= 0.3 is 5.97 Å². The Balaban J connectivity index is 3.06. The maximum atomic E-state index is 10.6. The molecule has 0 bridgehead atoms. The number of carbonyl (C=O) groups is 1. The molecule has 5 N–H and O–H groups in total. The van der Waals surface area contributed by atoms with Crippen LogP contribution in [0.1, 0.15) is 10.4 Å². The van der Waals surface area contributed by atoms with Gasteiger partial charge in [0, 0.05) is 5.69 Å². The summed E-state index contributed by atoms with van der Waals surface area (Å²) in [7, 11) is 0. The molecule has 0 aliphatic heterocycles. The molecular formula is C8H8N2O3S. The molecule has 0 saturated carbocycles. The number of anilines is 1. The number of rotatable bonds is 2. The van der Waals surface area contributed by atoms with Crippen LogP contribution in [0.15, 0.2) is 18.2 Å². The van der Waals surface area contributed by atoms with Gasteiger partial charge in [0.1, 0.15) is 11.3 Å². The number of nitrogens with one attached hydrogen (secondary N) is 1. The van der Waals surface area contributed by atoms with Crippen molar-refractivity contribution in [2.75, 3.05) is 5.32 Å². The number of hydrogen-bond donors (Lipinski definition) is 4. The van der Waals surface area contributed by atoms with E-state index < -0.39 is 5.97 Å². The van der Waals surface area contributed by atoms with Gasteiger partial charge in [-0.3, -0.25) is 0 Å². The highest BCUT2D eigenvalue weighted by Crippen LogP contribution is 2.21. The first-order chi connectivity index (χ1) is 6.50. The molecule has 0 unspecified atom stereocenters. The maximum absolute atomic E-state index is 10.6. The quantitative estimate of drug-likeness (QED) is 0.426. The van der Waals surface area contributed by atoms with Gasteiger partial charge in [-0.05, 0) is 30.4 Å². The minimum absolute atomic E-state index is 0.0343. The third-order valence-electron chi connectivity index (χ3n) is 1.49. The second-order valence-electron chi connectivity index (χ2n) is 2.53. The van der Waals surface area contributed by atoms with Crippen molar-refractivity contribution in [3.05, 3.63) is 23.8 Å². The molecule has 5 nitrogen and oxygen atoms in total. The molecule has 0 saturated heterocycles. The zero-order valence-electron chi connectivity index (χ0n) is 7.02. The van der Waals surface area contributed by atoms with Crippen LogP contribution in [0.25, 0.3) is 0 Å². The van der Waals surface area contributed by atoms with Crippen molar-refractivity contribution in [1.29, 1.82) is 0 Å². The predicted molar refractivity (Wildman–Crippen MR) is 55.5 cm³/mol. The SMILES string of the molecule is NC(=S)Nc1ccc(O)c(C(=O)O)c1. The van der Waals surface area contributed by atoms with E-state index in [4.69, 9.17) is 15.9 Å². The molecule has 0 aromatic heterocycles. The second kappa shape index (κ2) is 3.93. The van der Waals surface area contributed by atoms with Crippen molar-refractivity contribution in [3.63, 3.8) is 0 Å². The van der Waals surface area contributed by atoms with Crippen LogP contribution in [0.3, 0.4) is 0 Å². The largest absolute Gasteiger partial charge is 0.507 e. The summed E-state index contributed by atoms with van der Waals surface area (Å²) < 4.78 is 0. The third kappa shape index (κ3) is 2.33. The molecule has 0 aliphatic carbocycles. The van der Waals surface area contributed by atoms with Crippen molar-refractivity contribution in [1.82, 2.24) is 0 Å². The number of nitrogens with two attached hydrogens (primary N) is 1. The van der Waals surface area contributed by atoms with Gasteiger partial charge in [0.05, 0.1) is 0 Å². The van der Waals surface area contributed by atoms with Crippen LogP contribution in [-0.4, -0.2) is 21.3 Å². The Labute approximate surface area is 85.2 Å². The van der Waals surface area contributed by atoms with Gasteiger partial charge in [0.15, 0.2) is 5.11 Å². The number of thiocarbonyl (C=S) groups is 1. The highest BCUT2D eigenvalue weighted by Gasteiger charge is 2.09. The molecule has 0 radical (unpaired) electrons. The molecule has 1 aromatic carbocycles. The monoisotopic (exact) mass is 212 g/mol. The van der Waals surface area contributed by atoms with Crippen LogP contribution in [0.2, 0.25) is 0 Å². The van der Waals surface area contributed by atoms with Crippen LogP contribution in [-0.2, 0) is 0 Å². The van der Waals surface area contributed by atoms with E-state index in [1.54, 1.807) is 0 Å². The standard InChI is InChI=1S/C8H8N2O3S/c9-8(14)10-4-1-2-6(11)5(3-4)7(12)13/h1-3,11H,(H,12,13)(H3,9,10,14). The fraction of sp³-hybridized carbons (Fsp3) is 0. The lowest BCUT2D eigenvalue weighted by Gasteiger charge is -2.05. The summed E-state index contributed by atoms with van der Waals surface area (Å²) in [6.07, 6.45) is 0. The Bertz CT molecular complexity index is 392. The van der Waals surface area contributed by atoms with E-state index in [9.17, 15) is 4.79 Å². The zero-order valence-corrected chi connectivity index (χ0v) is 7.84. The van der Waals surface area contributed by atoms with Crippen LogP contribution >= 0.6 is 12.2 Å². The van der Waals surface area contributed by atoms with Gasteiger partial charge < -0.3 is 21.3 Å². The number of aromatic hydroxyl groups is 1. The first-order valence-corrected chi connectivity index (χ1v) is 4.04. The smallest absolute Gasteiger partial charge is 0.339 e. The first-order valence-electron chi connectivity index (χ1n) is 3.63. The molecule has 0 fully saturated rings. The third-order valence-corrected chi connectivity index (χ3v) is 1.60. The molecule has 0 atom stereocenters. The molecule has 0 spiro atoms. The minimum Gasteiger partial charge on any atom is -0.507 e. The van der Waals surface area contributed by atoms with E-state index in [2.05, 4.69) is 17.5 Å². The van der Waals surface area contributed by atoms with E-state index in [1.165, 1.54) is 18.2 Å². The zero-order chi connectivity index (χ0) is 10.7. The van der Waals surface area contributed by atoms with Crippen LogP contribution in [0, 0.1) is 0 Å². The van der Waals surface area contributed by atoms with Gasteiger partial charge in [-0.2, -0.15) is 0 Å². The molecule has 0 heterocycles. The van der Waals surface area contributed by atoms with Crippen LogP contribution in [0.4, 0.5) is 5.69 Å².